The molecule has 1 aromatic heterocycles. The van der Waals surface area contributed by atoms with Crippen LogP contribution in [0.4, 0.5) is 0 Å². The molecule has 0 N–H and O–H groups in total. The van der Waals surface area contributed by atoms with E-state index in [9.17, 15) is 8.42 Å². The maximum Gasteiger partial charge on any atom is 0.244 e. The van der Waals surface area contributed by atoms with Gasteiger partial charge in [-0.15, -0.1) is 11.6 Å². The van der Waals surface area contributed by atoms with Crippen molar-refractivity contribution in [3.8, 4) is 0 Å². The second-order valence-electron chi connectivity index (χ2n) is 4.84. The molecule has 0 bridgehead atoms. The molecule has 2 heterocycles. The zero-order chi connectivity index (χ0) is 13.3. The van der Waals surface area contributed by atoms with Crippen molar-refractivity contribution >= 4 is 21.6 Å². The molecule has 1 aliphatic rings. The highest BCUT2D eigenvalue weighted by atomic mass is 35.5. The van der Waals surface area contributed by atoms with Gasteiger partial charge in [0, 0.05) is 32.0 Å². The van der Waals surface area contributed by atoms with Crippen molar-refractivity contribution < 1.29 is 8.42 Å². The average Bonchev–Trinajstić information content (AvgIpc) is 2.95. The SMILES string of the molecule is CCC1CCN(S(=O)(=O)c2cc(CCl)n(C)c2)C1. The van der Waals surface area contributed by atoms with Crippen molar-refractivity contribution in [1.82, 2.24) is 8.87 Å². The smallest absolute Gasteiger partial charge is 0.244 e. The largest absolute Gasteiger partial charge is 0.352 e. The molecule has 4 nitrogen and oxygen atoms in total. The summed E-state index contributed by atoms with van der Waals surface area (Å²) in [5, 5.41) is 0. The molecule has 0 spiro atoms. The standard InChI is InChI=1S/C12H19ClN2O2S/c1-3-10-4-5-15(8-10)18(16,17)12-6-11(7-13)14(2)9-12/h6,9-10H,3-5,7-8H2,1-2H3. The van der Waals surface area contributed by atoms with Gasteiger partial charge in [0.05, 0.1) is 5.88 Å². The maximum atomic E-state index is 12.4. The number of nitrogens with zero attached hydrogens (tertiary/aromatic N) is 2. The van der Waals surface area contributed by atoms with Gasteiger partial charge in [0.15, 0.2) is 0 Å². The van der Waals surface area contributed by atoms with Gasteiger partial charge in [-0.1, -0.05) is 13.3 Å². The van der Waals surface area contributed by atoms with Crippen LogP contribution in [0.5, 0.6) is 0 Å². The van der Waals surface area contributed by atoms with Gasteiger partial charge < -0.3 is 4.57 Å². The Bertz CT molecular complexity index is 524. The molecule has 6 heteroatoms. The molecule has 102 valence electrons. The Kier molecular flexibility index (Phi) is 4.04. The lowest BCUT2D eigenvalue weighted by Gasteiger charge is -2.15. The molecule has 0 saturated carbocycles. The van der Waals surface area contributed by atoms with Crippen molar-refractivity contribution in [2.45, 2.75) is 30.5 Å². The first-order valence-corrected chi connectivity index (χ1v) is 8.17. The molecule has 0 radical (unpaired) electrons. The summed E-state index contributed by atoms with van der Waals surface area (Å²) in [5.41, 5.74) is 0.821. The fourth-order valence-corrected chi connectivity index (χ4v) is 4.24. The summed E-state index contributed by atoms with van der Waals surface area (Å²) in [6.07, 6.45) is 3.64. The Hall–Kier alpha value is -0.520. The second kappa shape index (κ2) is 5.23. The molecule has 0 aromatic carbocycles. The summed E-state index contributed by atoms with van der Waals surface area (Å²) in [7, 11) is -1.52. The van der Waals surface area contributed by atoms with Crippen LogP contribution in [-0.2, 0) is 23.0 Å². The number of rotatable bonds is 4. The summed E-state index contributed by atoms with van der Waals surface area (Å²) in [4.78, 5) is 0.359. The minimum atomic E-state index is -3.34. The lowest BCUT2D eigenvalue weighted by Crippen LogP contribution is -2.28. The third-order valence-electron chi connectivity index (χ3n) is 3.68. The minimum Gasteiger partial charge on any atom is -0.352 e. The third-order valence-corrected chi connectivity index (χ3v) is 5.79. The summed E-state index contributed by atoms with van der Waals surface area (Å²) in [6, 6.07) is 1.67. The lowest BCUT2D eigenvalue weighted by atomic mass is 10.1. The quantitative estimate of drug-likeness (QED) is 0.798. The number of alkyl halides is 1. The van der Waals surface area contributed by atoms with Gasteiger partial charge in [0.2, 0.25) is 10.0 Å². The van der Waals surface area contributed by atoms with Crippen molar-refractivity contribution in [1.29, 1.82) is 0 Å². The van der Waals surface area contributed by atoms with Gasteiger partial charge in [-0.2, -0.15) is 4.31 Å². The van der Waals surface area contributed by atoms with Crippen LogP contribution in [0, 0.1) is 5.92 Å². The first-order chi connectivity index (χ1) is 8.48. The van der Waals surface area contributed by atoms with Crippen LogP contribution in [0.2, 0.25) is 0 Å². The summed E-state index contributed by atoms with van der Waals surface area (Å²) < 4.78 is 28.3. The van der Waals surface area contributed by atoms with Crippen LogP contribution >= 0.6 is 11.6 Å². The van der Waals surface area contributed by atoms with Crippen LogP contribution in [0.25, 0.3) is 0 Å². The molecule has 1 unspecified atom stereocenters. The van der Waals surface area contributed by atoms with E-state index >= 15 is 0 Å². The van der Waals surface area contributed by atoms with Gasteiger partial charge >= 0.3 is 0 Å². The molecular formula is C12H19ClN2O2S. The molecule has 1 aliphatic heterocycles. The Balaban J connectivity index is 2.25. The third kappa shape index (κ3) is 2.44. The predicted octanol–water partition coefficient (Wildman–Crippen LogP) is 2.18. The van der Waals surface area contributed by atoms with E-state index in [0.717, 1.165) is 18.5 Å². The Morgan fingerprint density at radius 1 is 1.50 bits per heavy atom. The van der Waals surface area contributed by atoms with Gasteiger partial charge in [-0.25, -0.2) is 8.42 Å². The highest BCUT2D eigenvalue weighted by molar-refractivity contribution is 7.89. The fourth-order valence-electron chi connectivity index (χ4n) is 2.35. The number of aryl methyl sites for hydroxylation is 1. The molecule has 1 fully saturated rings. The van der Waals surface area contributed by atoms with E-state index in [1.165, 1.54) is 0 Å². The van der Waals surface area contributed by atoms with Crippen LogP contribution in [0.3, 0.4) is 0 Å². The molecule has 1 atom stereocenters. The number of sulfonamides is 1. The summed E-state index contributed by atoms with van der Waals surface area (Å²) in [6.45, 7) is 3.38. The van der Waals surface area contributed by atoms with E-state index in [4.69, 9.17) is 11.6 Å². The lowest BCUT2D eigenvalue weighted by molar-refractivity contribution is 0.453. The number of halogens is 1. The van der Waals surface area contributed by atoms with E-state index in [1.807, 2.05) is 7.05 Å². The average molecular weight is 291 g/mol. The van der Waals surface area contributed by atoms with Crippen LogP contribution in [0.1, 0.15) is 25.5 Å². The zero-order valence-corrected chi connectivity index (χ0v) is 12.3. The Labute approximate surface area is 114 Å². The molecular weight excluding hydrogens is 272 g/mol. The predicted molar refractivity (Wildman–Crippen MR) is 72.1 cm³/mol. The molecule has 18 heavy (non-hydrogen) atoms. The van der Waals surface area contributed by atoms with Gasteiger partial charge in [0.1, 0.15) is 4.90 Å². The minimum absolute atomic E-state index is 0.323. The number of hydrogen-bond acceptors (Lipinski definition) is 2. The molecule has 1 saturated heterocycles. The summed E-state index contributed by atoms with van der Waals surface area (Å²) in [5.74, 6) is 0.819. The van der Waals surface area contributed by atoms with Crippen LogP contribution in [0.15, 0.2) is 17.2 Å². The maximum absolute atomic E-state index is 12.4. The highest BCUT2D eigenvalue weighted by Gasteiger charge is 2.32. The van der Waals surface area contributed by atoms with Crippen LogP contribution in [-0.4, -0.2) is 30.4 Å². The van der Waals surface area contributed by atoms with Crippen LogP contribution < -0.4 is 0 Å². The van der Waals surface area contributed by atoms with Crippen molar-refractivity contribution in [2.75, 3.05) is 13.1 Å². The topological polar surface area (TPSA) is 42.3 Å². The Morgan fingerprint density at radius 3 is 2.72 bits per heavy atom. The van der Waals surface area contributed by atoms with E-state index in [0.29, 0.717) is 29.8 Å². The monoisotopic (exact) mass is 290 g/mol. The number of hydrogen-bond donors (Lipinski definition) is 0. The van der Waals surface area contributed by atoms with E-state index in [1.54, 1.807) is 21.1 Å². The van der Waals surface area contributed by atoms with Gasteiger partial charge in [-0.05, 0) is 18.4 Å². The first kappa shape index (κ1) is 13.9. The number of aromatic nitrogens is 1. The Morgan fingerprint density at radius 2 is 2.22 bits per heavy atom. The first-order valence-electron chi connectivity index (χ1n) is 6.20. The van der Waals surface area contributed by atoms with E-state index < -0.39 is 10.0 Å². The molecule has 2 rings (SSSR count). The van der Waals surface area contributed by atoms with Crippen molar-refractivity contribution in [3.05, 3.63) is 18.0 Å². The molecule has 1 aromatic rings. The van der Waals surface area contributed by atoms with Gasteiger partial charge in [0.25, 0.3) is 0 Å². The zero-order valence-electron chi connectivity index (χ0n) is 10.8. The normalized spacial score (nSPS) is 21.6. The summed E-state index contributed by atoms with van der Waals surface area (Å²) >= 11 is 5.77. The molecule has 0 aliphatic carbocycles. The van der Waals surface area contributed by atoms with Gasteiger partial charge in [-0.3, -0.25) is 0 Å². The fraction of sp³-hybridized carbons (Fsp3) is 0.667. The van der Waals surface area contributed by atoms with Crippen molar-refractivity contribution in [2.24, 2.45) is 13.0 Å². The van der Waals surface area contributed by atoms with Crippen molar-refractivity contribution in [3.63, 3.8) is 0 Å². The molecule has 0 amide bonds. The van der Waals surface area contributed by atoms with E-state index in [-0.39, 0.29) is 0 Å². The highest BCUT2D eigenvalue weighted by Crippen LogP contribution is 2.27. The second-order valence-corrected chi connectivity index (χ2v) is 7.04. The van der Waals surface area contributed by atoms with E-state index in [2.05, 4.69) is 6.92 Å².